The van der Waals surface area contributed by atoms with E-state index < -0.39 is 175 Å². The summed E-state index contributed by atoms with van der Waals surface area (Å²) < 4.78 is 51.5. The molecule has 15 N–H and O–H groups in total. The maximum Gasteiger partial charge on any atom is 0.246 e. The number of rotatable bonds is 14. The molecule has 4 aliphatic rings. The van der Waals surface area contributed by atoms with Crippen LogP contribution in [0.15, 0.2) is 109 Å². The van der Waals surface area contributed by atoms with E-state index in [-0.39, 0.29) is 62.6 Å². The Balaban J connectivity index is 1.07. The van der Waals surface area contributed by atoms with E-state index >= 15 is 23.2 Å². The van der Waals surface area contributed by atoms with Crippen molar-refractivity contribution < 1.29 is 75.8 Å². The number of aliphatic hydroxyl groups excluding tert-OH is 1. The molecule has 6 aromatic rings. The zero-order valence-electron chi connectivity index (χ0n) is 58.6. The molecule has 0 radical (unpaired) electrons. The third kappa shape index (κ3) is 19.6. The van der Waals surface area contributed by atoms with E-state index in [1.165, 1.54) is 88.5 Å². The Hall–Kier alpha value is -10.6. The zero-order chi connectivity index (χ0) is 75.1. The van der Waals surface area contributed by atoms with Gasteiger partial charge in [-0.05, 0) is 155 Å². The second-order valence-corrected chi connectivity index (χ2v) is 27.1. The van der Waals surface area contributed by atoms with Crippen LogP contribution in [0.5, 0.6) is 5.75 Å². The fourth-order valence-electron chi connectivity index (χ4n) is 13.5. The number of carbonyl (C=O) groups excluding carboxylic acids is 11. The van der Waals surface area contributed by atoms with E-state index in [9.17, 15) is 47.9 Å². The average Bonchev–Trinajstić information content (AvgIpc) is 1.58. The predicted octanol–water partition coefficient (Wildman–Crippen LogP) is 2.33. The lowest BCUT2D eigenvalue weighted by atomic mass is 9.94. The summed E-state index contributed by atoms with van der Waals surface area (Å²) in [4.78, 5) is 167. The number of methoxy groups -OCH3 is 1. The number of nitrogens with zero attached hydrogens (tertiary/aromatic N) is 2. The number of nitrogens with two attached hydrogens (primary N) is 2. The van der Waals surface area contributed by atoms with E-state index in [1.807, 2.05) is 24.3 Å². The van der Waals surface area contributed by atoms with Crippen molar-refractivity contribution in [2.75, 3.05) is 26.7 Å². The van der Waals surface area contributed by atoms with Gasteiger partial charge in [0.25, 0.3) is 0 Å². The smallest absolute Gasteiger partial charge is 0.246 e. The van der Waals surface area contributed by atoms with Crippen LogP contribution >= 0.6 is 0 Å². The number of amides is 11. The third-order valence-corrected chi connectivity index (χ3v) is 19.3. The number of benzene rings is 4. The van der Waals surface area contributed by atoms with Gasteiger partial charge in [0, 0.05) is 79.8 Å². The van der Waals surface area contributed by atoms with Crippen LogP contribution in [0, 0.1) is 11.6 Å². The molecule has 12 atom stereocenters. The van der Waals surface area contributed by atoms with Crippen LogP contribution in [0.4, 0.5) is 13.2 Å². The van der Waals surface area contributed by atoms with Gasteiger partial charge in [0.2, 0.25) is 65.0 Å². The average molecular weight is 1440 g/mol. The van der Waals surface area contributed by atoms with Gasteiger partial charge in [-0.2, -0.15) is 0 Å². The summed E-state index contributed by atoms with van der Waals surface area (Å²) in [5, 5.41) is 33.2. The summed E-state index contributed by atoms with van der Waals surface area (Å²) in [6, 6.07) is 7.59. The molecule has 0 saturated carbocycles. The van der Waals surface area contributed by atoms with Crippen LogP contribution in [-0.2, 0) is 84.8 Å². The van der Waals surface area contributed by atoms with E-state index in [0.29, 0.717) is 64.5 Å². The number of unbranched alkanes of at least 4 members (excludes halogenated alkanes) is 1. The number of alkyl halides is 1. The van der Waals surface area contributed by atoms with Crippen molar-refractivity contribution in [2.24, 2.45) is 11.5 Å². The lowest BCUT2D eigenvalue weighted by Gasteiger charge is -2.37. The first-order valence-electron chi connectivity index (χ1n) is 34.8. The number of carbonyl (C=O) groups is 11. The molecule has 27 nitrogen and oxygen atoms in total. The summed E-state index contributed by atoms with van der Waals surface area (Å²) in [5.41, 5.74) is 13.5. The molecular formula is C74H91F3N14O13. The first-order chi connectivity index (χ1) is 49.6. The summed E-state index contributed by atoms with van der Waals surface area (Å²) in [5.74, 6) is -10.6. The number of fused-ring (bicyclic) bond motifs is 30. The largest absolute Gasteiger partial charge is 0.497 e. The van der Waals surface area contributed by atoms with E-state index in [0.717, 1.165) is 10.5 Å². The Morgan fingerprint density at radius 1 is 0.702 bits per heavy atom. The van der Waals surface area contributed by atoms with Crippen LogP contribution in [0.1, 0.15) is 107 Å². The number of aromatic nitrogens is 2. The molecule has 11 amide bonds. The molecule has 2 bridgehead atoms. The standard InChI is InChI=1S/C74H91F3N14O13/c1-40-65(95)85-59(32-46-37-80-54-25-21-48(75)34-52(46)54)68(98)86-61(33-47-38-81-55-26-22-49(76)35-53(47)55)71(101)90-39-50(77)36-62(90)69(99)89-63(41(2)92)70(100)87-60(31-45-19-23-51(104-5)24-20-45)72(102)91-29-11-27-74(91,4)73(103)88-58(64(79)94)30-44-17-15-43(16-18-44)12-7-6-8-13-56(83-42(3)93)67(97)84-57(66(96)82-40)14-9-10-28-78/h6-7,15-26,34-35,37-38,40-41,50,56-63,80-81,92H,8-14,27-33,36,39,78H2,1-5H3,(H2,79,94)(H,82,96)(H,83,93)(H,84,97)(H,85,95)(H,86,98)(H,87,100)(H,88,103)(H,89,99)/b7-6+/t40-,41+,50-,56-,57-,58-,59-,60-,61-,62-,63-,74-/m0/s1. The molecule has 4 aliphatic heterocycles. The van der Waals surface area contributed by atoms with E-state index in [1.54, 1.807) is 36.4 Å². The number of aliphatic hydroxyl groups is 1. The van der Waals surface area contributed by atoms with Crippen molar-refractivity contribution in [2.45, 2.75) is 183 Å². The molecule has 2 saturated heterocycles. The highest BCUT2D eigenvalue weighted by molar-refractivity contribution is 6.01. The molecule has 4 aromatic carbocycles. The van der Waals surface area contributed by atoms with Crippen molar-refractivity contribution in [1.29, 1.82) is 0 Å². The van der Waals surface area contributed by atoms with Gasteiger partial charge in [-0.1, -0.05) is 48.6 Å². The van der Waals surface area contributed by atoms with Gasteiger partial charge in [-0.15, -0.1) is 0 Å². The van der Waals surface area contributed by atoms with Gasteiger partial charge < -0.3 is 83.6 Å². The summed E-state index contributed by atoms with van der Waals surface area (Å²) in [6.45, 7) is 4.74. The minimum Gasteiger partial charge on any atom is -0.497 e. The normalized spacial score (nSPS) is 25.6. The number of hydrogen-bond acceptors (Lipinski definition) is 14. The second-order valence-electron chi connectivity index (χ2n) is 27.1. The number of halogens is 3. The van der Waals surface area contributed by atoms with Gasteiger partial charge in [0.1, 0.15) is 83.5 Å². The number of aromatic amines is 2. The molecule has 0 spiro atoms. The molecule has 0 aliphatic carbocycles. The van der Waals surface area contributed by atoms with E-state index in [4.69, 9.17) is 16.2 Å². The molecule has 10 rings (SSSR count). The Bertz CT molecular complexity index is 4170. The minimum atomic E-state index is -1.90. The number of H-pyrrole nitrogens is 2. The molecule has 2 fully saturated rings. The third-order valence-electron chi connectivity index (χ3n) is 19.3. The van der Waals surface area contributed by atoms with Crippen molar-refractivity contribution in [3.05, 3.63) is 149 Å². The highest BCUT2D eigenvalue weighted by Crippen LogP contribution is 2.32. The van der Waals surface area contributed by atoms with Gasteiger partial charge in [-0.3, -0.25) is 52.7 Å². The fraction of sp³-hybridized carbons (Fsp3) is 0.446. The van der Waals surface area contributed by atoms with Gasteiger partial charge in [0.05, 0.1) is 19.8 Å². The van der Waals surface area contributed by atoms with Crippen molar-refractivity contribution in [3.63, 3.8) is 0 Å². The van der Waals surface area contributed by atoms with Crippen LogP contribution in [0.25, 0.3) is 21.8 Å². The number of allylic oxidation sites excluding steroid dienone is 2. The summed E-state index contributed by atoms with van der Waals surface area (Å²) >= 11 is 0. The van der Waals surface area contributed by atoms with Crippen LogP contribution in [-0.4, -0.2) is 189 Å². The molecule has 104 heavy (non-hydrogen) atoms. The van der Waals surface area contributed by atoms with Crippen molar-refractivity contribution >= 4 is 86.8 Å². The van der Waals surface area contributed by atoms with Crippen molar-refractivity contribution in [3.8, 4) is 5.75 Å². The lowest BCUT2D eigenvalue weighted by molar-refractivity contribution is -0.147. The van der Waals surface area contributed by atoms with Crippen LogP contribution in [0.2, 0.25) is 0 Å². The molecule has 2 aromatic heterocycles. The maximum absolute atomic E-state index is 16.2. The van der Waals surface area contributed by atoms with Gasteiger partial charge >= 0.3 is 0 Å². The Labute approximate surface area is 598 Å². The Morgan fingerprint density at radius 3 is 1.91 bits per heavy atom. The first-order valence-corrected chi connectivity index (χ1v) is 34.8. The summed E-state index contributed by atoms with van der Waals surface area (Å²) in [7, 11) is 1.46. The van der Waals surface area contributed by atoms with E-state index in [2.05, 4.69) is 52.5 Å². The first kappa shape index (κ1) is 77.5. The molecular weight excluding hydrogens is 1350 g/mol. The number of nitrogens with one attached hydrogen (secondary N) is 10. The zero-order valence-corrected chi connectivity index (χ0v) is 58.6. The van der Waals surface area contributed by atoms with Crippen LogP contribution < -0.4 is 58.7 Å². The SMILES string of the molecule is COc1ccc(C[C@@H]2NC(=O)[C@H]([C@@H](C)O)NC(=O)[C@@H]3C[C@H](F)CN3C(=O)[C@H](Cc3c[nH]c4ccc(F)cc34)NC(=O)[C@H](Cc3c[nH]c4ccc(F)cc34)NC(=O)[C@H](C)NC(=O)[C@H](CCCCN)NC(=O)[C@@H](NC(C)=O)CC/C=C/Cc3ccc(cc3)C[C@@H](C(N)=O)NC(=O)[C@]3(C)CCCN3C2=O)cc1. The molecule has 0 unspecified atom stereocenters. The highest BCUT2D eigenvalue weighted by Gasteiger charge is 2.50. The van der Waals surface area contributed by atoms with Crippen LogP contribution in [0.3, 0.4) is 0 Å². The predicted molar refractivity (Wildman–Crippen MR) is 378 cm³/mol. The molecule has 30 heteroatoms. The monoisotopic (exact) mass is 1440 g/mol. The Morgan fingerprint density at radius 2 is 1.30 bits per heavy atom. The van der Waals surface area contributed by atoms with Gasteiger partial charge in [0.15, 0.2) is 0 Å². The fourth-order valence-corrected chi connectivity index (χ4v) is 13.5. The number of hydrogen-bond donors (Lipinski definition) is 13. The molecule has 6 heterocycles. The molecule has 556 valence electrons. The van der Waals surface area contributed by atoms with Gasteiger partial charge in [-0.25, -0.2) is 13.2 Å². The summed E-state index contributed by atoms with van der Waals surface area (Å²) in [6.07, 6.45) is 3.25. The topological polar surface area (TPSA) is 404 Å². The maximum atomic E-state index is 16.2. The quantitative estimate of drug-likeness (QED) is 0.0423. The lowest BCUT2D eigenvalue weighted by Crippen LogP contribution is -2.64. The Kier molecular flexibility index (Phi) is 26.1. The highest BCUT2D eigenvalue weighted by atomic mass is 19.1. The minimum absolute atomic E-state index is 0.0150. The second kappa shape index (κ2) is 35.0. The van der Waals surface area contributed by atoms with Crippen molar-refractivity contribution in [1.82, 2.24) is 62.3 Å². The number of primary amides is 1. The number of ether oxygens (including phenoxy) is 1.